The molecule has 0 spiro atoms. The SMILES string of the molecule is O=C(NCc1ccc2ncccc2c1)Nc1ccncc1[N+](=O)[O-]. The fourth-order valence-corrected chi connectivity index (χ4v) is 2.22. The molecule has 2 aromatic heterocycles. The van der Waals surface area contributed by atoms with Crippen LogP contribution in [-0.2, 0) is 6.54 Å². The van der Waals surface area contributed by atoms with Gasteiger partial charge in [0.1, 0.15) is 11.9 Å². The second-order valence-corrected chi connectivity index (χ2v) is 4.99. The van der Waals surface area contributed by atoms with E-state index in [0.717, 1.165) is 22.7 Å². The van der Waals surface area contributed by atoms with Crippen LogP contribution < -0.4 is 10.6 Å². The van der Waals surface area contributed by atoms with Gasteiger partial charge in [-0.25, -0.2) is 4.79 Å². The van der Waals surface area contributed by atoms with Crippen molar-refractivity contribution in [3.05, 3.63) is 70.7 Å². The number of rotatable bonds is 4. The summed E-state index contributed by atoms with van der Waals surface area (Å²) in [5, 5.41) is 17.0. The van der Waals surface area contributed by atoms with Crippen molar-refractivity contribution in [3.63, 3.8) is 0 Å². The van der Waals surface area contributed by atoms with E-state index < -0.39 is 11.0 Å². The van der Waals surface area contributed by atoms with Crippen LogP contribution in [-0.4, -0.2) is 20.9 Å². The van der Waals surface area contributed by atoms with Crippen LogP contribution in [0.1, 0.15) is 5.56 Å². The van der Waals surface area contributed by atoms with E-state index >= 15 is 0 Å². The molecule has 8 nitrogen and oxygen atoms in total. The summed E-state index contributed by atoms with van der Waals surface area (Å²) < 4.78 is 0. The van der Waals surface area contributed by atoms with Crippen LogP contribution in [0.15, 0.2) is 55.0 Å². The Labute approximate surface area is 136 Å². The number of hydrogen-bond donors (Lipinski definition) is 2. The Morgan fingerprint density at radius 2 is 2.08 bits per heavy atom. The highest BCUT2D eigenvalue weighted by molar-refractivity contribution is 5.91. The molecule has 0 radical (unpaired) electrons. The van der Waals surface area contributed by atoms with Crippen molar-refractivity contribution >= 4 is 28.3 Å². The van der Waals surface area contributed by atoms with Crippen molar-refractivity contribution in [2.24, 2.45) is 0 Å². The zero-order valence-corrected chi connectivity index (χ0v) is 12.5. The Balaban J connectivity index is 1.66. The third-order valence-corrected chi connectivity index (χ3v) is 3.37. The highest BCUT2D eigenvalue weighted by Gasteiger charge is 2.15. The molecule has 2 amide bonds. The first-order valence-electron chi connectivity index (χ1n) is 7.10. The minimum atomic E-state index is -0.598. The minimum absolute atomic E-state index is 0.0928. The van der Waals surface area contributed by atoms with Gasteiger partial charge < -0.3 is 10.6 Å². The molecule has 8 heteroatoms. The standard InChI is InChI=1S/C16H13N5O3/c22-16(20-14-5-7-17-10-15(14)21(23)24)19-9-11-3-4-13-12(8-11)2-1-6-18-13/h1-8,10H,9H2,(H2,17,19,20,22). The molecule has 0 bridgehead atoms. The summed E-state index contributed by atoms with van der Waals surface area (Å²) in [6.45, 7) is 0.287. The summed E-state index contributed by atoms with van der Waals surface area (Å²) in [5.41, 5.74) is 1.60. The molecule has 120 valence electrons. The van der Waals surface area contributed by atoms with Crippen molar-refractivity contribution < 1.29 is 9.72 Å². The molecular weight excluding hydrogens is 310 g/mol. The number of carbonyl (C=O) groups excluding carboxylic acids is 1. The summed E-state index contributed by atoms with van der Waals surface area (Å²) >= 11 is 0. The summed E-state index contributed by atoms with van der Waals surface area (Å²) in [4.78, 5) is 30.2. The summed E-state index contributed by atoms with van der Waals surface area (Å²) in [7, 11) is 0. The van der Waals surface area contributed by atoms with Gasteiger partial charge in [0.25, 0.3) is 0 Å². The molecule has 0 aliphatic heterocycles. The third kappa shape index (κ3) is 3.43. The van der Waals surface area contributed by atoms with Crippen molar-refractivity contribution in [1.82, 2.24) is 15.3 Å². The zero-order valence-electron chi connectivity index (χ0n) is 12.5. The Morgan fingerprint density at radius 1 is 1.21 bits per heavy atom. The van der Waals surface area contributed by atoms with Gasteiger partial charge >= 0.3 is 11.7 Å². The number of anilines is 1. The van der Waals surface area contributed by atoms with E-state index in [1.807, 2.05) is 30.3 Å². The lowest BCUT2D eigenvalue weighted by Crippen LogP contribution is -2.28. The maximum Gasteiger partial charge on any atom is 0.319 e. The number of benzene rings is 1. The molecule has 0 saturated carbocycles. The predicted octanol–water partition coefficient (Wildman–Crippen LogP) is 2.86. The molecule has 0 fully saturated rings. The van der Waals surface area contributed by atoms with Crippen LogP contribution in [0.2, 0.25) is 0 Å². The van der Waals surface area contributed by atoms with Crippen molar-refractivity contribution in [1.29, 1.82) is 0 Å². The topological polar surface area (TPSA) is 110 Å². The molecule has 24 heavy (non-hydrogen) atoms. The quantitative estimate of drug-likeness (QED) is 0.566. The highest BCUT2D eigenvalue weighted by atomic mass is 16.6. The first-order valence-corrected chi connectivity index (χ1v) is 7.10. The first kappa shape index (κ1) is 15.3. The summed E-state index contributed by atoms with van der Waals surface area (Å²) in [6.07, 6.45) is 4.18. The normalized spacial score (nSPS) is 10.3. The molecule has 3 aromatic rings. The van der Waals surface area contributed by atoms with Gasteiger partial charge in [0.05, 0.1) is 10.4 Å². The highest BCUT2D eigenvalue weighted by Crippen LogP contribution is 2.21. The van der Waals surface area contributed by atoms with E-state index in [1.54, 1.807) is 6.20 Å². The lowest BCUT2D eigenvalue weighted by atomic mass is 10.1. The van der Waals surface area contributed by atoms with E-state index in [-0.39, 0.29) is 17.9 Å². The molecule has 3 rings (SSSR count). The van der Waals surface area contributed by atoms with E-state index in [9.17, 15) is 14.9 Å². The van der Waals surface area contributed by atoms with E-state index in [0.29, 0.717) is 0 Å². The van der Waals surface area contributed by atoms with Crippen LogP contribution >= 0.6 is 0 Å². The number of nitrogens with zero attached hydrogens (tertiary/aromatic N) is 3. The molecule has 0 atom stereocenters. The second-order valence-electron chi connectivity index (χ2n) is 4.99. The van der Waals surface area contributed by atoms with Crippen molar-refractivity contribution in [3.8, 4) is 0 Å². The fraction of sp³-hybridized carbons (Fsp3) is 0.0625. The van der Waals surface area contributed by atoms with Gasteiger partial charge in [0, 0.05) is 24.3 Å². The lowest BCUT2D eigenvalue weighted by Gasteiger charge is -2.08. The number of carbonyl (C=O) groups is 1. The zero-order chi connectivity index (χ0) is 16.9. The molecular formula is C16H13N5O3. The van der Waals surface area contributed by atoms with Gasteiger partial charge in [-0.05, 0) is 29.8 Å². The van der Waals surface area contributed by atoms with Crippen molar-refractivity contribution in [2.75, 3.05) is 5.32 Å². The molecule has 2 heterocycles. The molecule has 0 saturated heterocycles. The fourth-order valence-electron chi connectivity index (χ4n) is 2.22. The summed E-state index contributed by atoms with van der Waals surface area (Å²) in [6, 6.07) is 10.3. The average molecular weight is 323 g/mol. The molecule has 2 N–H and O–H groups in total. The van der Waals surface area contributed by atoms with Gasteiger partial charge in [0.15, 0.2) is 0 Å². The molecule has 0 aliphatic carbocycles. The molecule has 1 aromatic carbocycles. The smallest absolute Gasteiger partial charge is 0.319 e. The van der Waals surface area contributed by atoms with E-state index in [4.69, 9.17) is 0 Å². The number of hydrogen-bond acceptors (Lipinski definition) is 5. The number of nitrogens with one attached hydrogen (secondary N) is 2. The largest absolute Gasteiger partial charge is 0.334 e. The van der Waals surface area contributed by atoms with Gasteiger partial charge in [-0.3, -0.25) is 20.1 Å². The maximum absolute atomic E-state index is 11.9. The first-order chi connectivity index (χ1) is 11.6. The van der Waals surface area contributed by atoms with E-state index in [2.05, 4.69) is 20.6 Å². The van der Waals surface area contributed by atoms with Gasteiger partial charge in [-0.2, -0.15) is 0 Å². The number of amides is 2. The van der Waals surface area contributed by atoms with Gasteiger partial charge in [-0.1, -0.05) is 12.1 Å². The summed E-state index contributed by atoms with van der Waals surface area (Å²) in [5.74, 6) is 0. The van der Waals surface area contributed by atoms with Crippen LogP contribution in [0.4, 0.5) is 16.2 Å². The second kappa shape index (κ2) is 6.69. The monoisotopic (exact) mass is 323 g/mol. The Bertz CT molecular complexity index is 913. The lowest BCUT2D eigenvalue weighted by molar-refractivity contribution is -0.384. The number of nitro groups is 1. The maximum atomic E-state index is 11.9. The van der Waals surface area contributed by atoms with Gasteiger partial charge in [-0.15, -0.1) is 0 Å². The Hall–Kier alpha value is -3.55. The van der Waals surface area contributed by atoms with Crippen LogP contribution in [0.3, 0.4) is 0 Å². The van der Waals surface area contributed by atoms with Crippen molar-refractivity contribution in [2.45, 2.75) is 6.54 Å². The average Bonchev–Trinajstić information content (AvgIpc) is 2.60. The van der Waals surface area contributed by atoms with Crippen LogP contribution in [0.25, 0.3) is 10.9 Å². The number of urea groups is 1. The predicted molar refractivity (Wildman–Crippen MR) is 88.5 cm³/mol. The van der Waals surface area contributed by atoms with Gasteiger partial charge in [0.2, 0.25) is 0 Å². The number of aromatic nitrogens is 2. The van der Waals surface area contributed by atoms with Crippen LogP contribution in [0.5, 0.6) is 0 Å². The third-order valence-electron chi connectivity index (χ3n) is 3.37. The molecule has 0 aliphatic rings. The minimum Gasteiger partial charge on any atom is -0.334 e. The molecule has 0 unspecified atom stereocenters. The van der Waals surface area contributed by atoms with E-state index in [1.165, 1.54) is 12.3 Å². The van der Waals surface area contributed by atoms with Crippen LogP contribution in [0, 0.1) is 10.1 Å². The number of fused-ring (bicyclic) bond motifs is 1. The Morgan fingerprint density at radius 3 is 2.92 bits per heavy atom. The number of pyridine rings is 2. The Kier molecular flexibility index (Phi) is 4.28.